The van der Waals surface area contributed by atoms with Crippen LogP contribution in [0.2, 0.25) is 0 Å². The fraction of sp³-hybridized carbons (Fsp3) is 0.667. The Bertz CT molecular complexity index is 737. The minimum absolute atomic E-state index is 0.0417. The summed E-state index contributed by atoms with van der Waals surface area (Å²) in [6.45, 7) is 3.47. The van der Waals surface area contributed by atoms with Crippen LogP contribution < -0.4 is 10.6 Å². The third-order valence-electron chi connectivity index (χ3n) is 6.55. The highest BCUT2D eigenvalue weighted by Crippen LogP contribution is 2.35. The first-order valence-corrected chi connectivity index (χ1v) is 11.6. The lowest BCUT2D eigenvalue weighted by atomic mass is 9.96. The minimum atomic E-state index is -0.620. The molecule has 29 heavy (non-hydrogen) atoms. The number of rotatable bonds is 7. The molecule has 1 aromatic heterocycles. The molecule has 1 spiro atoms. The number of carbonyl (C=O) groups excluding carboxylic acids is 3. The molecular weight excluding hydrogens is 388 g/mol. The molecule has 3 fully saturated rings. The highest BCUT2D eigenvalue weighted by atomic mass is 32.1. The van der Waals surface area contributed by atoms with Gasteiger partial charge in [-0.05, 0) is 56.6 Å². The zero-order valence-corrected chi connectivity index (χ0v) is 17.6. The largest absolute Gasteiger partial charge is 0.355 e. The smallest absolute Gasteiger partial charge is 0.325 e. The van der Waals surface area contributed by atoms with Crippen molar-refractivity contribution in [3.63, 3.8) is 0 Å². The number of thiophene rings is 1. The first kappa shape index (κ1) is 20.3. The molecule has 0 aromatic carbocycles. The van der Waals surface area contributed by atoms with E-state index in [9.17, 15) is 14.4 Å². The number of nitrogens with one attached hydrogen (secondary N) is 2. The van der Waals surface area contributed by atoms with Gasteiger partial charge in [0.2, 0.25) is 5.91 Å². The summed E-state index contributed by atoms with van der Waals surface area (Å²) in [5.41, 5.74) is -0.620. The van der Waals surface area contributed by atoms with Gasteiger partial charge in [0.25, 0.3) is 5.91 Å². The molecule has 0 radical (unpaired) electrons. The second kappa shape index (κ2) is 8.83. The van der Waals surface area contributed by atoms with Gasteiger partial charge >= 0.3 is 6.03 Å². The molecule has 2 saturated heterocycles. The van der Waals surface area contributed by atoms with E-state index in [1.807, 2.05) is 6.07 Å². The topological polar surface area (TPSA) is 81.8 Å². The fourth-order valence-corrected chi connectivity index (χ4v) is 5.47. The van der Waals surface area contributed by atoms with Gasteiger partial charge in [-0.3, -0.25) is 14.5 Å². The van der Waals surface area contributed by atoms with E-state index < -0.39 is 5.54 Å². The Kier molecular flexibility index (Phi) is 6.20. The summed E-state index contributed by atoms with van der Waals surface area (Å²) < 4.78 is 0. The van der Waals surface area contributed by atoms with Crippen LogP contribution in [0.15, 0.2) is 17.5 Å². The second-order valence-electron chi connectivity index (χ2n) is 8.41. The maximum Gasteiger partial charge on any atom is 0.325 e. The van der Waals surface area contributed by atoms with Crippen LogP contribution in [0.25, 0.3) is 0 Å². The van der Waals surface area contributed by atoms with Gasteiger partial charge in [0.1, 0.15) is 5.54 Å². The molecule has 2 aliphatic heterocycles. The van der Waals surface area contributed by atoms with Gasteiger partial charge in [0.15, 0.2) is 0 Å². The van der Waals surface area contributed by atoms with E-state index in [0.717, 1.165) is 58.0 Å². The first-order valence-electron chi connectivity index (χ1n) is 10.7. The van der Waals surface area contributed by atoms with Crippen LogP contribution in [0.5, 0.6) is 0 Å². The molecular formula is C21H30N4O3S. The molecule has 158 valence electrons. The molecule has 1 aliphatic carbocycles. The average molecular weight is 419 g/mol. The minimum Gasteiger partial charge on any atom is -0.355 e. The number of urea groups is 1. The zero-order chi connectivity index (χ0) is 20.3. The first-order chi connectivity index (χ1) is 14.1. The van der Waals surface area contributed by atoms with Crippen molar-refractivity contribution in [2.75, 3.05) is 32.7 Å². The number of amides is 4. The Morgan fingerprint density at radius 3 is 2.66 bits per heavy atom. The zero-order valence-electron chi connectivity index (χ0n) is 16.8. The van der Waals surface area contributed by atoms with Crippen molar-refractivity contribution in [2.24, 2.45) is 5.92 Å². The normalized spacial score (nSPS) is 22.4. The molecule has 2 N–H and O–H groups in total. The monoisotopic (exact) mass is 418 g/mol. The van der Waals surface area contributed by atoms with Gasteiger partial charge in [-0.25, -0.2) is 4.79 Å². The number of carbonyl (C=O) groups is 3. The maximum atomic E-state index is 12.7. The molecule has 3 heterocycles. The molecule has 4 amide bonds. The summed E-state index contributed by atoms with van der Waals surface area (Å²) in [6, 6.07) is 3.89. The Labute approximate surface area is 175 Å². The second-order valence-corrected chi connectivity index (χ2v) is 9.44. The molecule has 0 atom stereocenters. The molecule has 0 unspecified atom stereocenters. The van der Waals surface area contributed by atoms with E-state index in [1.165, 1.54) is 9.78 Å². The number of imide groups is 1. The summed E-state index contributed by atoms with van der Waals surface area (Å²) >= 11 is 1.72. The van der Waals surface area contributed by atoms with Gasteiger partial charge in [-0.15, -0.1) is 11.3 Å². The fourth-order valence-electron chi connectivity index (χ4n) is 4.76. The van der Waals surface area contributed by atoms with Crippen molar-refractivity contribution in [3.05, 3.63) is 22.4 Å². The Morgan fingerprint density at radius 1 is 1.21 bits per heavy atom. The molecule has 7 nitrogen and oxygen atoms in total. The number of piperidine rings is 1. The summed E-state index contributed by atoms with van der Waals surface area (Å²) in [7, 11) is 0. The van der Waals surface area contributed by atoms with Crippen molar-refractivity contribution < 1.29 is 14.4 Å². The van der Waals surface area contributed by atoms with E-state index >= 15 is 0 Å². The molecule has 0 bridgehead atoms. The Balaban J connectivity index is 1.17. The highest BCUT2D eigenvalue weighted by molar-refractivity contribution is 7.09. The van der Waals surface area contributed by atoms with Crippen LogP contribution in [-0.2, 0) is 16.0 Å². The summed E-state index contributed by atoms with van der Waals surface area (Å²) in [6.07, 6.45) is 6.08. The Morgan fingerprint density at radius 2 is 1.97 bits per heavy atom. The van der Waals surface area contributed by atoms with Gasteiger partial charge < -0.3 is 15.5 Å². The summed E-state index contributed by atoms with van der Waals surface area (Å²) in [5, 5.41) is 8.06. The van der Waals surface area contributed by atoms with Gasteiger partial charge in [0.05, 0.1) is 0 Å². The van der Waals surface area contributed by atoms with Gasteiger partial charge in [-0.2, -0.15) is 0 Å². The van der Waals surface area contributed by atoms with E-state index in [1.54, 1.807) is 11.3 Å². The number of likely N-dealkylation sites (tertiary alicyclic amines) is 1. The van der Waals surface area contributed by atoms with Crippen LogP contribution in [0.3, 0.4) is 0 Å². The lowest BCUT2D eigenvalue weighted by molar-refractivity contribution is -0.131. The van der Waals surface area contributed by atoms with Crippen LogP contribution in [-0.4, -0.2) is 65.9 Å². The van der Waals surface area contributed by atoms with E-state index in [0.29, 0.717) is 19.6 Å². The molecule has 3 aliphatic rings. The molecule has 1 aromatic rings. The predicted molar refractivity (Wildman–Crippen MR) is 112 cm³/mol. The lowest BCUT2D eigenvalue weighted by Gasteiger charge is -2.32. The summed E-state index contributed by atoms with van der Waals surface area (Å²) in [5.74, 6) is 0.173. The third kappa shape index (κ3) is 4.48. The van der Waals surface area contributed by atoms with Crippen molar-refractivity contribution in [2.45, 2.75) is 50.5 Å². The SMILES string of the molecule is O=C(NCCc1cccs1)C1CCN(CCN2C(=O)NC3(CCCC3)C2=O)CC1. The highest BCUT2D eigenvalue weighted by Gasteiger charge is 2.52. The number of hydrogen-bond donors (Lipinski definition) is 2. The quantitative estimate of drug-likeness (QED) is 0.664. The lowest BCUT2D eigenvalue weighted by Crippen LogP contribution is -2.46. The standard InChI is InChI=1S/C21H30N4O3S/c26-18(22-10-5-17-4-3-15-29-17)16-6-11-24(12-7-16)13-14-25-19(27)21(23-20(25)28)8-1-2-9-21/h3-4,15-16H,1-2,5-14H2,(H,22,26)(H,23,28). The maximum absolute atomic E-state index is 12.7. The number of nitrogens with zero attached hydrogens (tertiary/aromatic N) is 2. The van der Waals surface area contributed by atoms with Gasteiger partial charge in [-0.1, -0.05) is 18.9 Å². The third-order valence-corrected chi connectivity index (χ3v) is 7.49. The van der Waals surface area contributed by atoms with Crippen molar-refractivity contribution in [1.82, 2.24) is 20.4 Å². The molecule has 4 rings (SSSR count). The Hall–Kier alpha value is -1.93. The van der Waals surface area contributed by atoms with Crippen LogP contribution >= 0.6 is 11.3 Å². The summed E-state index contributed by atoms with van der Waals surface area (Å²) in [4.78, 5) is 42.3. The van der Waals surface area contributed by atoms with Crippen LogP contribution in [0, 0.1) is 5.92 Å². The van der Waals surface area contributed by atoms with Crippen molar-refractivity contribution in [3.8, 4) is 0 Å². The molecule has 8 heteroatoms. The van der Waals surface area contributed by atoms with Crippen molar-refractivity contribution >= 4 is 29.2 Å². The predicted octanol–water partition coefficient (Wildman–Crippen LogP) is 1.98. The van der Waals surface area contributed by atoms with Crippen molar-refractivity contribution in [1.29, 1.82) is 0 Å². The van der Waals surface area contributed by atoms with Gasteiger partial charge in [0, 0.05) is 30.4 Å². The van der Waals surface area contributed by atoms with Crippen LogP contribution in [0.1, 0.15) is 43.4 Å². The average Bonchev–Trinajstić information content (AvgIpc) is 3.45. The molecule has 1 saturated carbocycles. The van der Waals surface area contributed by atoms with Crippen LogP contribution in [0.4, 0.5) is 4.79 Å². The van der Waals surface area contributed by atoms with E-state index in [2.05, 4.69) is 27.0 Å². The number of hydrogen-bond acceptors (Lipinski definition) is 5. The van der Waals surface area contributed by atoms with E-state index in [-0.39, 0.29) is 23.8 Å². The van der Waals surface area contributed by atoms with E-state index in [4.69, 9.17) is 0 Å².